The second kappa shape index (κ2) is 8.22. The molecule has 0 unspecified atom stereocenters. The molecule has 2 aromatic heterocycles. The lowest BCUT2D eigenvalue weighted by molar-refractivity contribution is -0.121. The molecule has 5 heteroatoms. The number of hydrogen-bond donors (Lipinski definition) is 1. The topological polar surface area (TPSA) is 42.0 Å². The number of rotatable bonds is 7. The first-order valence-corrected chi connectivity index (χ1v) is 9.77. The van der Waals surface area contributed by atoms with Crippen LogP contribution in [0.25, 0.3) is 11.3 Å². The van der Waals surface area contributed by atoms with Crippen molar-refractivity contribution in [2.45, 2.75) is 26.2 Å². The fraction of sp³-hybridized carbons (Fsp3) is 0.263. The fourth-order valence-electron chi connectivity index (χ4n) is 2.46. The maximum Gasteiger partial charge on any atom is 0.220 e. The highest BCUT2D eigenvalue weighted by atomic mass is 32.1. The summed E-state index contributed by atoms with van der Waals surface area (Å²) in [7, 11) is 0. The number of aromatic nitrogens is 1. The average molecular weight is 357 g/mol. The third-order valence-electron chi connectivity index (χ3n) is 3.78. The van der Waals surface area contributed by atoms with E-state index in [2.05, 4.69) is 46.0 Å². The summed E-state index contributed by atoms with van der Waals surface area (Å²) in [5.41, 5.74) is 3.40. The largest absolute Gasteiger partial charge is 0.356 e. The zero-order valence-electron chi connectivity index (χ0n) is 13.6. The Morgan fingerprint density at radius 2 is 1.96 bits per heavy atom. The molecule has 1 amide bonds. The lowest BCUT2D eigenvalue weighted by Crippen LogP contribution is -2.25. The molecule has 0 saturated heterocycles. The van der Waals surface area contributed by atoms with E-state index in [9.17, 15) is 4.79 Å². The van der Waals surface area contributed by atoms with Crippen molar-refractivity contribution in [3.05, 3.63) is 62.6 Å². The minimum absolute atomic E-state index is 0.123. The summed E-state index contributed by atoms with van der Waals surface area (Å²) < 4.78 is 0. The van der Waals surface area contributed by atoms with E-state index >= 15 is 0 Å². The molecule has 0 radical (unpaired) electrons. The van der Waals surface area contributed by atoms with Crippen LogP contribution in [0.3, 0.4) is 0 Å². The highest BCUT2D eigenvalue weighted by molar-refractivity contribution is 7.10. The van der Waals surface area contributed by atoms with E-state index in [0.29, 0.717) is 13.0 Å². The van der Waals surface area contributed by atoms with Crippen LogP contribution in [0.5, 0.6) is 0 Å². The van der Waals surface area contributed by atoms with Gasteiger partial charge in [0.1, 0.15) is 0 Å². The second-order valence-corrected chi connectivity index (χ2v) is 7.72. The molecule has 0 aliphatic carbocycles. The Balaban J connectivity index is 1.42. The Morgan fingerprint density at radius 1 is 1.12 bits per heavy atom. The van der Waals surface area contributed by atoms with Gasteiger partial charge in [-0.05, 0) is 36.8 Å². The van der Waals surface area contributed by atoms with E-state index in [-0.39, 0.29) is 5.91 Å². The molecule has 0 aliphatic rings. The van der Waals surface area contributed by atoms with Crippen LogP contribution in [-0.4, -0.2) is 17.4 Å². The van der Waals surface area contributed by atoms with Crippen molar-refractivity contribution in [3.8, 4) is 11.3 Å². The number of thiazole rings is 1. The first-order valence-electron chi connectivity index (χ1n) is 8.01. The van der Waals surface area contributed by atoms with Crippen LogP contribution in [-0.2, 0) is 17.6 Å². The summed E-state index contributed by atoms with van der Waals surface area (Å²) in [6.07, 6.45) is 2.23. The Bertz CT molecular complexity index is 776. The number of benzene rings is 1. The smallest absolute Gasteiger partial charge is 0.220 e. The third kappa shape index (κ3) is 4.76. The Morgan fingerprint density at radius 3 is 2.62 bits per heavy atom. The maximum absolute atomic E-state index is 11.9. The van der Waals surface area contributed by atoms with Gasteiger partial charge in [0.25, 0.3) is 0 Å². The van der Waals surface area contributed by atoms with Crippen LogP contribution in [0.1, 0.15) is 21.9 Å². The van der Waals surface area contributed by atoms with Crippen molar-refractivity contribution in [2.75, 3.05) is 6.54 Å². The predicted octanol–water partition coefficient (Wildman–Crippen LogP) is 4.47. The Hall–Kier alpha value is -1.98. The molecule has 0 bridgehead atoms. The van der Waals surface area contributed by atoms with E-state index in [4.69, 9.17) is 0 Å². The van der Waals surface area contributed by atoms with Gasteiger partial charge in [-0.2, -0.15) is 0 Å². The van der Waals surface area contributed by atoms with Gasteiger partial charge in [-0.15, -0.1) is 22.7 Å². The van der Waals surface area contributed by atoms with Crippen LogP contribution < -0.4 is 5.32 Å². The number of carbonyl (C=O) groups is 1. The average Bonchev–Trinajstić information content (AvgIpc) is 3.25. The Kier molecular flexibility index (Phi) is 5.77. The first kappa shape index (κ1) is 16.9. The quantitative estimate of drug-likeness (QED) is 0.678. The summed E-state index contributed by atoms with van der Waals surface area (Å²) in [6, 6.07) is 12.5. The molecule has 1 aromatic carbocycles. The predicted molar refractivity (Wildman–Crippen MR) is 102 cm³/mol. The molecular weight excluding hydrogens is 336 g/mol. The molecule has 0 fully saturated rings. The standard InChI is InChI=1S/C19H20N2OS2/c1-14-21-18(13-24-14)16-6-4-15(5-7-16)10-11-20-19(22)9-8-17-3-2-12-23-17/h2-7,12-13H,8-11H2,1H3,(H,20,22). The third-order valence-corrected chi connectivity index (χ3v) is 5.49. The van der Waals surface area contributed by atoms with Gasteiger partial charge in [0.15, 0.2) is 0 Å². The van der Waals surface area contributed by atoms with Crippen LogP contribution in [0.4, 0.5) is 0 Å². The monoisotopic (exact) mass is 356 g/mol. The minimum atomic E-state index is 0.123. The second-order valence-electron chi connectivity index (χ2n) is 5.63. The molecule has 1 N–H and O–H groups in total. The van der Waals surface area contributed by atoms with Crippen LogP contribution in [0, 0.1) is 6.92 Å². The number of hydrogen-bond acceptors (Lipinski definition) is 4. The summed E-state index contributed by atoms with van der Waals surface area (Å²) >= 11 is 3.37. The maximum atomic E-state index is 11.9. The zero-order valence-corrected chi connectivity index (χ0v) is 15.3. The highest BCUT2D eigenvalue weighted by Crippen LogP contribution is 2.21. The molecule has 0 spiro atoms. The van der Waals surface area contributed by atoms with Crippen LogP contribution in [0.2, 0.25) is 0 Å². The number of carbonyl (C=O) groups excluding carboxylic acids is 1. The van der Waals surface area contributed by atoms with Crippen LogP contribution >= 0.6 is 22.7 Å². The normalized spacial score (nSPS) is 10.7. The highest BCUT2D eigenvalue weighted by Gasteiger charge is 2.04. The molecule has 0 aliphatic heterocycles. The van der Waals surface area contributed by atoms with Gasteiger partial charge < -0.3 is 5.32 Å². The number of aryl methyl sites for hydroxylation is 2. The summed E-state index contributed by atoms with van der Waals surface area (Å²) in [5, 5.41) is 8.21. The van der Waals surface area contributed by atoms with E-state index in [1.54, 1.807) is 22.7 Å². The van der Waals surface area contributed by atoms with E-state index in [1.807, 2.05) is 18.4 Å². The number of nitrogens with zero attached hydrogens (tertiary/aromatic N) is 1. The molecule has 0 saturated carbocycles. The van der Waals surface area contributed by atoms with Crippen molar-refractivity contribution >= 4 is 28.6 Å². The Labute approximate surface area is 150 Å². The fourth-order valence-corrected chi connectivity index (χ4v) is 3.80. The molecule has 3 aromatic rings. The molecule has 3 rings (SSSR count). The van der Waals surface area contributed by atoms with Gasteiger partial charge in [-0.25, -0.2) is 4.98 Å². The number of nitrogens with one attached hydrogen (secondary N) is 1. The lowest BCUT2D eigenvalue weighted by atomic mass is 10.1. The summed E-state index contributed by atoms with van der Waals surface area (Å²) in [4.78, 5) is 17.6. The molecule has 2 heterocycles. The van der Waals surface area contributed by atoms with Crippen LogP contribution in [0.15, 0.2) is 47.2 Å². The minimum Gasteiger partial charge on any atom is -0.356 e. The lowest BCUT2D eigenvalue weighted by Gasteiger charge is -2.06. The van der Waals surface area contributed by atoms with Crippen molar-refractivity contribution in [1.82, 2.24) is 10.3 Å². The number of thiophene rings is 1. The van der Waals surface area contributed by atoms with Gasteiger partial charge >= 0.3 is 0 Å². The molecular formula is C19H20N2OS2. The first-order chi connectivity index (χ1) is 11.7. The number of amides is 1. The van der Waals surface area contributed by atoms with Gasteiger partial charge in [-0.1, -0.05) is 30.3 Å². The summed E-state index contributed by atoms with van der Waals surface area (Å²) in [6.45, 7) is 2.70. The van der Waals surface area contributed by atoms with Crippen molar-refractivity contribution < 1.29 is 4.79 Å². The SMILES string of the molecule is Cc1nc(-c2ccc(CCNC(=O)CCc3cccs3)cc2)cs1. The van der Waals surface area contributed by atoms with Crippen molar-refractivity contribution in [2.24, 2.45) is 0 Å². The molecule has 24 heavy (non-hydrogen) atoms. The van der Waals surface area contributed by atoms with Gasteiger partial charge in [0.2, 0.25) is 5.91 Å². The molecule has 124 valence electrons. The zero-order chi connectivity index (χ0) is 16.8. The molecule has 0 atom stereocenters. The van der Waals surface area contributed by atoms with Gasteiger partial charge in [-0.3, -0.25) is 4.79 Å². The van der Waals surface area contributed by atoms with Crippen molar-refractivity contribution in [1.29, 1.82) is 0 Å². The summed E-state index contributed by atoms with van der Waals surface area (Å²) in [5.74, 6) is 0.123. The van der Waals surface area contributed by atoms with Gasteiger partial charge in [0, 0.05) is 28.8 Å². The van der Waals surface area contributed by atoms with Gasteiger partial charge in [0.05, 0.1) is 10.7 Å². The van der Waals surface area contributed by atoms with Crippen molar-refractivity contribution in [3.63, 3.8) is 0 Å². The molecule has 3 nitrogen and oxygen atoms in total. The van der Waals surface area contributed by atoms with E-state index < -0.39 is 0 Å². The van der Waals surface area contributed by atoms with E-state index in [0.717, 1.165) is 29.1 Å². The van der Waals surface area contributed by atoms with E-state index in [1.165, 1.54) is 10.4 Å².